The Balaban J connectivity index is 1.52. The molecule has 0 bridgehead atoms. The van der Waals surface area contributed by atoms with E-state index in [9.17, 15) is 18.4 Å². The van der Waals surface area contributed by atoms with Crippen LogP contribution in [0.25, 0.3) is 0 Å². The lowest BCUT2D eigenvalue weighted by Crippen LogP contribution is -2.27. The zero-order valence-corrected chi connectivity index (χ0v) is 15.8. The predicted molar refractivity (Wildman–Crippen MR) is 101 cm³/mol. The van der Waals surface area contributed by atoms with Crippen molar-refractivity contribution in [2.24, 2.45) is 0 Å². The molecule has 0 aliphatic carbocycles. The third kappa shape index (κ3) is 5.66. The number of hydrogen-bond acceptors (Lipinski definition) is 5. The van der Waals surface area contributed by atoms with Crippen LogP contribution in [-0.4, -0.2) is 31.5 Å². The number of fused-ring (bicyclic) bond motifs is 1. The Morgan fingerprint density at radius 1 is 1.07 bits per heavy atom. The van der Waals surface area contributed by atoms with Gasteiger partial charge in [-0.25, -0.2) is 0 Å². The Kier molecular flexibility index (Phi) is 6.64. The summed E-state index contributed by atoms with van der Waals surface area (Å²) < 4.78 is 39.9. The third-order valence-corrected chi connectivity index (χ3v) is 4.40. The molecule has 1 aliphatic rings. The Morgan fingerprint density at radius 2 is 1.83 bits per heavy atom. The van der Waals surface area contributed by atoms with Crippen molar-refractivity contribution in [2.45, 2.75) is 32.4 Å². The van der Waals surface area contributed by atoms with Crippen LogP contribution in [0, 0.1) is 0 Å². The maximum atomic E-state index is 12.4. The minimum Gasteiger partial charge on any atom is -0.486 e. The van der Waals surface area contributed by atoms with Gasteiger partial charge < -0.3 is 19.5 Å². The summed E-state index contributed by atoms with van der Waals surface area (Å²) in [5, 5.41) is 2.75. The van der Waals surface area contributed by atoms with Crippen LogP contribution in [-0.2, 0) is 4.79 Å². The van der Waals surface area contributed by atoms with E-state index in [1.807, 2.05) is 0 Å². The number of nitrogens with one attached hydrogen (secondary N) is 1. The minimum absolute atomic E-state index is 0.00480. The molecule has 2 aromatic carbocycles. The number of carbonyl (C=O) groups excluding carboxylic acids is 2. The molecular formula is C21H21F2NO5. The molecule has 6 nitrogen and oxygen atoms in total. The third-order valence-electron chi connectivity index (χ3n) is 4.40. The van der Waals surface area contributed by atoms with Crippen LogP contribution >= 0.6 is 0 Å². The molecular weight excluding hydrogens is 384 g/mol. The van der Waals surface area contributed by atoms with Gasteiger partial charge in [0.2, 0.25) is 5.91 Å². The maximum Gasteiger partial charge on any atom is 0.387 e. The molecule has 0 aromatic heterocycles. The highest BCUT2D eigenvalue weighted by Gasteiger charge is 2.17. The topological polar surface area (TPSA) is 73.9 Å². The molecule has 2 aromatic rings. The molecule has 3 rings (SSSR count). The van der Waals surface area contributed by atoms with Gasteiger partial charge in [0.1, 0.15) is 19.0 Å². The van der Waals surface area contributed by atoms with Gasteiger partial charge in [0, 0.05) is 18.4 Å². The van der Waals surface area contributed by atoms with Crippen molar-refractivity contribution >= 4 is 11.7 Å². The molecule has 29 heavy (non-hydrogen) atoms. The van der Waals surface area contributed by atoms with Gasteiger partial charge in [0.15, 0.2) is 17.3 Å². The standard InChI is InChI=1S/C21H21F2NO5/c1-13(14-3-2-4-16(11-14)29-21(22)23)24-20(26)8-6-17(25)15-5-7-18-19(12-15)28-10-9-27-18/h2-5,7,11-13,21H,6,8-10H2,1H3,(H,24,26). The van der Waals surface area contributed by atoms with E-state index in [1.54, 1.807) is 37.3 Å². The lowest BCUT2D eigenvalue weighted by atomic mass is 10.0. The van der Waals surface area contributed by atoms with Gasteiger partial charge in [-0.3, -0.25) is 9.59 Å². The Hall–Kier alpha value is -3.16. The molecule has 0 saturated carbocycles. The molecule has 0 radical (unpaired) electrons. The average Bonchev–Trinajstić information content (AvgIpc) is 2.71. The first kappa shape index (κ1) is 20.6. The molecule has 0 saturated heterocycles. The predicted octanol–water partition coefficient (Wildman–Crippen LogP) is 3.90. The SMILES string of the molecule is CC(NC(=O)CCC(=O)c1ccc2c(c1)OCCO2)c1cccc(OC(F)F)c1. The van der Waals surface area contributed by atoms with Gasteiger partial charge in [0.25, 0.3) is 0 Å². The van der Waals surface area contributed by atoms with Gasteiger partial charge in [-0.1, -0.05) is 12.1 Å². The zero-order valence-electron chi connectivity index (χ0n) is 15.8. The maximum absolute atomic E-state index is 12.4. The van der Waals surface area contributed by atoms with Crippen molar-refractivity contribution < 1.29 is 32.6 Å². The molecule has 1 atom stereocenters. The average molecular weight is 405 g/mol. The summed E-state index contributed by atoms with van der Waals surface area (Å²) in [5.74, 6) is 0.636. The van der Waals surface area contributed by atoms with Crippen LogP contribution in [0.1, 0.15) is 41.7 Å². The minimum atomic E-state index is -2.92. The molecule has 1 N–H and O–H groups in total. The molecule has 1 unspecified atom stereocenters. The number of hydrogen-bond donors (Lipinski definition) is 1. The summed E-state index contributed by atoms with van der Waals surface area (Å²) in [7, 11) is 0. The number of ether oxygens (including phenoxy) is 3. The van der Waals surface area contributed by atoms with Crippen LogP contribution in [0.5, 0.6) is 17.2 Å². The second kappa shape index (κ2) is 9.36. The van der Waals surface area contributed by atoms with Crippen molar-refractivity contribution in [3.05, 3.63) is 53.6 Å². The summed E-state index contributed by atoms with van der Waals surface area (Å²) in [6.07, 6.45) is 0.0393. The first-order valence-corrected chi connectivity index (χ1v) is 9.19. The van der Waals surface area contributed by atoms with Crippen LogP contribution in [0.15, 0.2) is 42.5 Å². The van der Waals surface area contributed by atoms with E-state index >= 15 is 0 Å². The summed E-state index contributed by atoms with van der Waals surface area (Å²) in [4.78, 5) is 24.6. The normalized spacial score (nSPS) is 13.7. The monoisotopic (exact) mass is 405 g/mol. The molecule has 154 valence electrons. The number of carbonyl (C=O) groups is 2. The molecule has 1 amide bonds. The Bertz CT molecular complexity index is 887. The lowest BCUT2D eigenvalue weighted by Gasteiger charge is -2.18. The Labute approximate surface area is 166 Å². The highest BCUT2D eigenvalue weighted by atomic mass is 19.3. The number of amides is 1. The van der Waals surface area contributed by atoms with Crippen LogP contribution < -0.4 is 19.5 Å². The first-order chi connectivity index (χ1) is 13.9. The quantitative estimate of drug-likeness (QED) is 0.675. The number of benzene rings is 2. The highest BCUT2D eigenvalue weighted by molar-refractivity contribution is 5.98. The number of rotatable bonds is 8. The van der Waals surface area contributed by atoms with Crippen LogP contribution in [0.2, 0.25) is 0 Å². The van der Waals surface area contributed by atoms with E-state index in [-0.39, 0.29) is 30.3 Å². The van der Waals surface area contributed by atoms with E-state index in [2.05, 4.69) is 10.1 Å². The highest BCUT2D eigenvalue weighted by Crippen LogP contribution is 2.31. The molecule has 0 spiro atoms. The fraction of sp³-hybridized carbons (Fsp3) is 0.333. The van der Waals surface area contributed by atoms with Crippen molar-refractivity contribution in [2.75, 3.05) is 13.2 Å². The summed E-state index contributed by atoms with van der Waals surface area (Å²) in [5.41, 5.74) is 1.07. The van der Waals surface area contributed by atoms with Crippen LogP contribution in [0.4, 0.5) is 8.78 Å². The van der Waals surface area contributed by atoms with Crippen molar-refractivity contribution in [3.8, 4) is 17.2 Å². The smallest absolute Gasteiger partial charge is 0.387 e. The van der Waals surface area contributed by atoms with Crippen LogP contribution in [0.3, 0.4) is 0 Å². The van der Waals surface area contributed by atoms with Crippen molar-refractivity contribution in [1.29, 1.82) is 0 Å². The van der Waals surface area contributed by atoms with E-state index in [4.69, 9.17) is 9.47 Å². The number of Topliss-reactive ketones (excluding diaryl/α,β-unsaturated/α-hetero) is 1. The fourth-order valence-corrected chi connectivity index (χ4v) is 2.95. The summed E-state index contributed by atoms with van der Waals surface area (Å²) in [6, 6.07) is 10.6. The summed E-state index contributed by atoms with van der Waals surface area (Å²) >= 11 is 0. The lowest BCUT2D eigenvalue weighted by molar-refractivity contribution is -0.121. The Morgan fingerprint density at radius 3 is 2.59 bits per heavy atom. The number of alkyl halides is 2. The second-order valence-corrected chi connectivity index (χ2v) is 6.52. The van der Waals surface area contributed by atoms with Gasteiger partial charge in [-0.2, -0.15) is 8.78 Å². The van der Waals surface area contributed by atoms with E-state index in [1.165, 1.54) is 12.1 Å². The van der Waals surface area contributed by atoms with Gasteiger partial charge in [-0.15, -0.1) is 0 Å². The molecule has 8 heteroatoms. The fourth-order valence-electron chi connectivity index (χ4n) is 2.95. The number of ketones is 1. The molecule has 1 heterocycles. The second-order valence-electron chi connectivity index (χ2n) is 6.52. The summed E-state index contributed by atoms with van der Waals surface area (Å²) in [6.45, 7) is -0.298. The van der Waals surface area contributed by atoms with Crippen molar-refractivity contribution in [1.82, 2.24) is 5.32 Å². The zero-order chi connectivity index (χ0) is 20.8. The van der Waals surface area contributed by atoms with Gasteiger partial charge >= 0.3 is 6.61 Å². The van der Waals surface area contributed by atoms with E-state index < -0.39 is 12.7 Å². The van der Waals surface area contributed by atoms with Gasteiger partial charge in [0.05, 0.1) is 6.04 Å². The largest absolute Gasteiger partial charge is 0.486 e. The van der Waals surface area contributed by atoms with E-state index in [0.717, 1.165) is 0 Å². The van der Waals surface area contributed by atoms with Crippen molar-refractivity contribution in [3.63, 3.8) is 0 Å². The molecule has 0 fully saturated rings. The van der Waals surface area contributed by atoms with Gasteiger partial charge in [-0.05, 0) is 42.8 Å². The van der Waals surface area contributed by atoms with E-state index in [0.29, 0.717) is 35.8 Å². The first-order valence-electron chi connectivity index (χ1n) is 9.19. The molecule has 1 aliphatic heterocycles. The number of halogens is 2.